The van der Waals surface area contributed by atoms with Crippen LogP contribution < -0.4 is 4.43 Å². The molecule has 0 aromatic heterocycles. The molecule has 2 nitrogen and oxygen atoms in total. The second kappa shape index (κ2) is 5.62. The zero-order valence-electron chi connectivity index (χ0n) is 13.9. The first kappa shape index (κ1) is 16.3. The van der Waals surface area contributed by atoms with Crippen LogP contribution in [0, 0.1) is 0 Å². The smallest absolute Gasteiger partial charge is 0.250 e. The van der Waals surface area contributed by atoms with Gasteiger partial charge in [-0.25, -0.2) is 0 Å². The first-order valence-electron chi connectivity index (χ1n) is 7.84. The van der Waals surface area contributed by atoms with Crippen LogP contribution in [0.25, 0.3) is 0 Å². The van der Waals surface area contributed by atoms with Crippen molar-refractivity contribution in [2.45, 2.75) is 63.8 Å². The van der Waals surface area contributed by atoms with Gasteiger partial charge < -0.3 is 9.53 Å². The van der Waals surface area contributed by atoms with Gasteiger partial charge in [0.05, 0.1) is 0 Å². The van der Waals surface area contributed by atoms with Gasteiger partial charge in [-0.3, -0.25) is 0 Å². The molecular formula is C18H28O2Si. The molecule has 1 N–H and O–H groups in total. The van der Waals surface area contributed by atoms with Crippen molar-refractivity contribution in [1.82, 2.24) is 0 Å². The maximum absolute atomic E-state index is 10.8. The van der Waals surface area contributed by atoms with Gasteiger partial charge in [-0.15, -0.1) is 0 Å². The minimum Gasteiger partial charge on any atom is -0.543 e. The third-order valence-corrected chi connectivity index (χ3v) is 9.19. The molecule has 0 spiro atoms. The maximum atomic E-state index is 10.8. The van der Waals surface area contributed by atoms with E-state index < -0.39 is 13.9 Å². The summed E-state index contributed by atoms with van der Waals surface area (Å²) in [6, 6.07) is 7.99. The molecule has 0 aliphatic heterocycles. The zero-order valence-corrected chi connectivity index (χ0v) is 14.9. The highest BCUT2D eigenvalue weighted by atomic mass is 28.4. The predicted octanol–water partition coefficient (Wildman–Crippen LogP) is 5.00. The molecule has 1 aromatic carbocycles. The molecule has 116 valence electrons. The lowest BCUT2D eigenvalue weighted by molar-refractivity contribution is 0.0724. The Labute approximate surface area is 130 Å². The molecule has 0 heterocycles. The number of allylic oxidation sites excluding steroid dienone is 1. The molecule has 0 bridgehead atoms. The minimum atomic E-state index is -1.84. The quantitative estimate of drug-likeness (QED) is 0.629. The third-order valence-electron chi connectivity index (χ3n) is 4.84. The van der Waals surface area contributed by atoms with Crippen molar-refractivity contribution >= 4 is 8.32 Å². The zero-order chi connectivity index (χ0) is 15.7. The van der Waals surface area contributed by atoms with Crippen LogP contribution in [0.15, 0.2) is 36.4 Å². The average molecular weight is 305 g/mol. The lowest BCUT2D eigenvalue weighted by atomic mass is 9.85. The molecule has 1 aliphatic rings. The molecule has 0 fully saturated rings. The van der Waals surface area contributed by atoms with E-state index in [0.717, 1.165) is 30.6 Å². The molecule has 1 aromatic rings. The molecule has 0 radical (unpaired) electrons. The highest BCUT2D eigenvalue weighted by Crippen LogP contribution is 2.39. The van der Waals surface area contributed by atoms with E-state index in [-0.39, 0.29) is 5.04 Å². The summed E-state index contributed by atoms with van der Waals surface area (Å²) in [5.41, 5.74) is 0.111. The standard InChI is InChI=1S/C18H28O2Si/c1-17(2,3)21(4,5)20-16-11-9-10-15(14-16)18(19)12-7-6-8-13-18/h7,9-12,14,19H,6,8,13H2,1-5H3. The van der Waals surface area contributed by atoms with Gasteiger partial charge in [-0.2, -0.15) is 0 Å². The monoisotopic (exact) mass is 304 g/mol. The van der Waals surface area contributed by atoms with E-state index >= 15 is 0 Å². The Balaban J connectivity index is 2.26. The normalized spacial score (nSPS) is 23.1. The first-order chi connectivity index (χ1) is 9.64. The van der Waals surface area contributed by atoms with E-state index in [1.807, 2.05) is 30.3 Å². The fourth-order valence-corrected chi connectivity index (χ4v) is 3.39. The molecule has 0 amide bonds. The Kier molecular flexibility index (Phi) is 4.36. The number of aliphatic hydroxyl groups is 1. The third kappa shape index (κ3) is 3.58. The van der Waals surface area contributed by atoms with Crippen molar-refractivity contribution in [2.75, 3.05) is 0 Å². The molecule has 1 unspecified atom stereocenters. The highest BCUT2D eigenvalue weighted by Gasteiger charge is 2.39. The minimum absolute atomic E-state index is 0.171. The molecule has 3 heteroatoms. The highest BCUT2D eigenvalue weighted by molar-refractivity contribution is 6.74. The van der Waals surface area contributed by atoms with Gasteiger partial charge in [-0.05, 0) is 55.1 Å². The predicted molar refractivity (Wildman–Crippen MR) is 91.2 cm³/mol. The van der Waals surface area contributed by atoms with Crippen molar-refractivity contribution in [2.24, 2.45) is 0 Å². The molecule has 2 rings (SSSR count). The molecule has 1 atom stereocenters. The summed E-state index contributed by atoms with van der Waals surface area (Å²) in [5, 5.41) is 11.0. The number of benzene rings is 1. The largest absolute Gasteiger partial charge is 0.543 e. The summed E-state index contributed by atoms with van der Waals surface area (Å²) in [6.07, 6.45) is 6.88. The van der Waals surface area contributed by atoms with Crippen molar-refractivity contribution < 1.29 is 9.53 Å². The van der Waals surface area contributed by atoms with Crippen LogP contribution in [-0.4, -0.2) is 13.4 Å². The summed E-state index contributed by atoms with van der Waals surface area (Å²) in [7, 11) is -1.84. The van der Waals surface area contributed by atoms with Crippen molar-refractivity contribution in [3.05, 3.63) is 42.0 Å². The molecule has 21 heavy (non-hydrogen) atoms. The molecule has 0 saturated carbocycles. The topological polar surface area (TPSA) is 29.5 Å². The summed E-state index contributed by atoms with van der Waals surface area (Å²) in [6.45, 7) is 11.2. The van der Waals surface area contributed by atoms with Gasteiger partial charge >= 0.3 is 0 Å². The van der Waals surface area contributed by atoms with Crippen LogP contribution in [-0.2, 0) is 5.60 Å². The number of hydrogen-bond acceptors (Lipinski definition) is 2. The number of rotatable bonds is 3. The van der Waals surface area contributed by atoms with Crippen LogP contribution in [0.2, 0.25) is 18.1 Å². The fraction of sp³-hybridized carbons (Fsp3) is 0.556. The number of hydrogen-bond donors (Lipinski definition) is 1. The van der Waals surface area contributed by atoms with Gasteiger partial charge in [0.25, 0.3) is 0 Å². The summed E-state index contributed by atoms with van der Waals surface area (Å²) in [4.78, 5) is 0. The second-order valence-electron chi connectivity index (χ2n) is 7.61. The Morgan fingerprint density at radius 1 is 1.24 bits per heavy atom. The lowest BCUT2D eigenvalue weighted by Crippen LogP contribution is -2.43. The van der Waals surface area contributed by atoms with E-state index in [4.69, 9.17) is 4.43 Å². The van der Waals surface area contributed by atoms with Gasteiger partial charge in [0.15, 0.2) is 0 Å². The van der Waals surface area contributed by atoms with Crippen LogP contribution >= 0.6 is 0 Å². The molecule has 0 saturated heterocycles. The SMILES string of the molecule is CC(C)(C)[Si](C)(C)Oc1cccc(C2(O)C=CCCC2)c1. The van der Waals surface area contributed by atoms with Crippen LogP contribution in [0.3, 0.4) is 0 Å². The van der Waals surface area contributed by atoms with E-state index in [1.54, 1.807) is 0 Å². The van der Waals surface area contributed by atoms with Gasteiger partial charge in [0, 0.05) is 0 Å². The van der Waals surface area contributed by atoms with E-state index in [0.29, 0.717) is 0 Å². The van der Waals surface area contributed by atoms with E-state index in [9.17, 15) is 5.11 Å². The summed E-state index contributed by atoms with van der Waals surface area (Å²) in [5.74, 6) is 0.881. The van der Waals surface area contributed by atoms with Crippen molar-refractivity contribution in [3.63, 3.8) is 0 Å². The van der Waals surface area contributed by atoms with Gasteiger partial charge in [-0.1, -0.05) is 45.1 Å². The maximum Gasteiger partial charge on any atom is 0.250 e. The Morgan fingerprint density at radius 3 is 2.52 bits per heavy atom. The van der Waals surface area contributed by atoms with Crippen LogP contribution in [0.1, 0.15) is 45.6 Å². The van der Waals surface area contributed by atoms with Crippen molar-refractivity contribution in [3.8, 4) is 5.75 Å². The van der Waals surface area contributed by atoms with Crippen LogP contribution in [0.4, 0.5) is 0 Å². The summed E-state index contributed by atoms with van der Waals surface area (Å²) >= 11 is 0. The molecular weight excluding hydrogens is 276 g/mol. The Morgan fingerprint density at radius 2 is 1.95 bits per heavy atom. The first-order valence-corrected chi connectivity index (χ1v) is 10.7. The second-order valence-corrected chi connectivity index (χ2v) is 12.3. The van der Waals surface area contributed by atoms with Crippen molar-refractivity contribution in [1.29, 1.82) is 0 Å². The van der Waals surface area contributed by atoms with Crippen LogP contribution in [0.5, 0.6) is 5.75 Å². The van der Waals surface area contributed by atoms with Gasteiger partial charge in [0.1, 0.15) is 11.4 Å². The fourth-order valence-electron chi connectivity index (χ4n) is 2.37. The molecule has 1 aliphatic carbocycles. The van der Waals surface area contributed by atoms with E-state index in [1.165, 1.54) is 0 Å². The average Bonchev–Trinajstić information content (AvgIpc) is 2.38. The summed E-state index contributed by atoms with van der Waals surface area (Å²) < 4.78 is 6.35. The van der Waals surface area contributed by atoms with E-state index in [2.05, 4.69) is 39.9 Å². The van der Waals surface area contributed by atoms with Gasteiger partial charge in [0.2, 0.25) is 8.32 Å². The lowest BCUT2D eigenvalue weighted by Gasteiger charge is -2.37. The Bertz CT molecular complexity index is 528. The Hall–Kier alpha value is -1.06.